The van der Waals surface area contributed by atoms with Crippen LogP contribution in [0, 0.1) is 5.92 Å². The van der Waals surface area contributed by atoms with Gasteiger partial charge in [-0.1, -0.05) is 18.2 Å². The van der Waals surface area contributed by atoms with Crippen LogP contribution in [0.4, 0.5) is 0 Å². The Kier molecular flexibility index (Phi) is 4.09. The normalized spacial score (nSPS) is 25.7. The van der Waals surface area contributed by atoms with Gasteiger partial charge in [0.05, 0.1) is 6.10 Å². The highest BCUT2D eigenvalue weighted by Crippen LogP contribution is 2.28. The molecule has 0 radical (unpaired) electrons. The minimum absolute atomic E-state index is 0.0213. The van der Waals surface area contributed by atoms with E-state index in [-0.39, 0.29) is 18.5 Å². The third-order valence-corrected chi connectivity index (χ3v) is 2.70. The predicted molar refractivity (Wildman–Crippen MR) is 58.3 cm³/mol. The molecule has 0 bridgehead atoms. The first kappa shape index (κ1) is 12.0. The maximum Gasteiger partial charge on any atom is 0.302 e. The number of carbonyl (C=O) groups is 1. The minimum atomic E-state index is -0.484. The number of hydrogen-bond acceptors (Lipinski definition) is 3. The number of esters is 1. The lowest BCUT2D eigenvalue weighted by Gasteiger charge is -2.27. The molecule has 3 nitrogen and oxygen atoms in total. The molecule has 1 aliphatic rings. The first-order chi connectivity index (χ1) is 7.00. The summed E-state index contributed by atoms with van der Waals surface area (Å²) in [4.78, 5) is 10.6. The lowest BCUT2D eigenvalue weighted by atomic mass is 9.83. The van der Waals surface area contributed by atoms with Crippen LogP contribution in [0.1, 0.15) is 26.7 Å². The molecule has 84 valence electrons. The van der Waals surface area contributed by atoms with Crippen molar-refractivity contribution < 1.29 is 14.6 Å². The molecule has 0 aromatic heterocycles. The second-order valence-corrected chi connectivity index (χ2v) is 4.09. The Morgan fingerprint density at radius 3 is 2.93 bits per heavy atom. The van der Waals surface area contributed by atoms with Crippen molar-refractivity contribution in [1.29, 1.82) is 0 Å². The van der Waals surface area contributed by atoms with E-state index in [1.807, 2.05) is 13.0 Å². The van der Waals surface area contributed by atoms with Crippen LogP contribution in [-0.2, 0) is 9.53 Å². The van der Waals surface area contributed by atoms with Crippen LogP contribution < -0.4 is 0 Å². The van der Waals surface area contributed by atoms with E-state index >= 15 is 0 Å². The van der Waals surface area contributed by atoms with E-state index in [4.69, 9.17) is 4.74 Å². The van der Waals surface area contributed by atoms with E-state index in [1.165, 1.54) is 12.5 Å². The Morgan fingerprint density at radius 2 is 2.40 bits per heavy atom. The molecule has 2 atom stereocenters. The molecular formula is C12H18O3. The Labute approximate surface area is 90.4 Å². The van der Waals surface area contributed by atoms with Crippen molar-refractivity contribution in [2.45, 2.75) is 32.8 Å². The zero-order chi connectivity index (χ0) is 11.4. The van der Waals surface area contributed by atoms with Gasteiger partial charge in [-0.15, -0.1) is 0 Å². The summed E-state index contributed by atoms with van der Waals surface area (Å²) in [5.74, 6) is -0.291. The van der Waals surface area contributed by atoms with E-state index in [9.17, 15) is 9.90 Å². The average Bonchev–Trinajstić information content (AvgIpc) is 2.14. The van der Waals surface area contributed by atoms with Crippen molar-refractivity contribution in [2.75, 3.05) is 6.61 Å². The van der Waals surface area contributed by atoms with Crippen molar-refractivity contribution in [3.63, 3.8) is 0 Å². The maximum absolute atomic E-state index is 10.6. The highest BCUT2D eigenvalue weighted by Gasteiger charge is 2.24. The van der Waals surface area contributed by atoms with E-state index < -0.39 is 6.10 Å². The number of rotatable bonds is 3. The second kappa shape index (κ2) is 5.12. The number of aliphatic hydroxyl groups excluding tert-OH is 1. The van der Waals surface area contributed by atoms with Crippen molar-refractivity contribution in [1.82, 2.24) is 0 Å². The third-order valence-electron chi connectivity index (χ3n) is 2.70. The van der Waals surface area contributed by atoms with Gasteiger partial charge >= 0.3 is 5.97 Å². The molecule has 15 heavy (non-hydrogen) atoms. The van der Waals surface area contributed by atoms with Crippen LogP contribution in [0.5, 0.6) is 0 Å². The Balaban J connectivity index is 2.50. The van der Waals surface area contributed by atoms with Gasteiger partial charge in [0.1, 0.15) is 6.61 Å². The van der Waals surface area contributed by atoms with Crippen molar-refractivity contribution in [3.05, 3.63) is 23.8 Å². The predicted octanol–water partition coefficient (Wildman–Crippen LogP) is 1.82. The van der Waals surface area contributed by atoms with E-state index in [2.05, 4.69) is 6.58 Å². The fourth-order valence-electron chi connectivity index (χ4n) is 1.79. The SMILES string of the molecule is C=C(COC(C)=O)[C@@H]1CCC(C)=C[C@@H]1O. The number of hydrogen-bond donors (Lipinski definition) is 1. The Bertz CT molecular complexity index is 291. The van der Waals surface area contributed by atoms with Gasteiger partial charge in [0, 0.05) is 12.8 Å². The molecule has 0 unspecified atom stereocenters. The van der Waals surface area contributed by atoms with Gasteiger partial charge in [-0.3, -0.25) is 4.79 Å². The van der Waals surface area contributed by atoms with Crippen molar-refractivity contribution >= 4 is 5.97 Å². The van der Waals surface area contributed by atoms with Crippen LogP contribution in [0.15, 0.2) is 23.8 Å². The molecule has 3 heteroatoms. The molecule has 0 saturated carbocycles. The van der Waals surface area contributed by atoms with Crippen LogP contribution in [-0.4, -0.2) is 23.8 Å². The summed E-state index contributed by atoms with van der Waals surface area (Å²) in [6.45, 7) is 7.45. The second-order valence-electron chi connectivity index (χ2n) is 4.09. The van der Waals surface area contributed by atoms with Gasteiger partial charge < -0.3 is 9.84 Å². The fourth-order valence-corrected chi connectivity index (χ4v) is 1.79. The molecule has 0 heterocycles. The smallest absolute Gasteiger partial charge is 0.302 e. The number of ether oxygens (including phenoxy) is 1. The van der Waals surface area contributed by atoms with Crippen LogP contribution in [0.25, 0.3) is 0 Å². The van der Waals surface area contributed by atoms with Gasteiger partial charge in [0.15, 0.2) is 0 Å². The molecule has 1 rings (SSSR count). The van der Waals surface area contributed by atoms with Gasteiger partial charge in [-0.2, -0.15) is 0 Å². The van der Waals surface area contributed by atoms with E-state index in [0.717, 1.165) is 18.4 Å². The molecule has 0 aromatic carbocycles. The fraction of sp³-hybridized carbons (Fsp3) is 0.583. The lowest BCUT2D eigenvalue weighted by molar-refractivity contribution is -0.140. The van der Waals surface area contributed by atoms with Crippen LogP contribution >= 0.6 is 0 Å². The molecule has 0 fully saturated rings. The van der Waals surface area contributed by atoms with Crippen LogP contribution in [0.3, 0.4) is 0 Å². The van der Waals surface area contributed by atoms with Crippen molar-refractivity contribution in [2.24, 2.45) is 5.92 Å². The first-order valence-electron chi connectivity index (χ1n) is 5.17. The average molecular weight is 210 g/mol. The summed E-state index contributed by atoms with van der Waals surface area (Å²) in [5.41, 5.74) is 2.00. The quantitative estimate of drug-likeness (QED) is 0.571. The Hall–Kier alpha value is -1.09. The van der Waals surface area contributed by atoms with E-state index in [0.29, 0.717) is 0 Å². The monoisotopic (exact) mass is 210 g/mol. The standard InChI is InChI=1S/C12H18O3/c1-8-4-5-11(12(14)6-8)9(2)7-15-10(3)13/h6,11-12,14H,2,4-5,7H2,1,3H3/t11-,12-/m0/s1. The van der Waals surface area contributed by atoms with Gasteiger partial charge in [-0.25, -0.2) is 0 Å². The molecule has 0 aliphatic heterocycles. The number of carbonyl (C=O) groups excluding carboxylic acids is 1. The minimum Gasteiger partial charge on any atom is -0.461 e. The molecular weight excluding hydrogens is 192 g/mol. The summed E-state index contributed by atoms with van der Waals surface area (Å²) >= 11 is 0. The largest absolute Gasteiger partial charge is 0.461 e. The lowest BCUT2D eigenvalue weighted by Crippen LogP contribution is -2.25. The molecule has 1 N–H and O–H groups in total. The molecule has 0 spiro atoms. The number of allylic oxidation sites excluding steroid dienone is 1. The molecule has 0 aromatic rings. The topological polar surface area (TPSA) is 46.5 Å². The summed E-state index contributed by atoms with van der Waals surface area (Å²) in [7, 11) is 0. The summed E-state index contributed by atoms with van der Waals surface area (Å²) < 4.78 is 4.86. The Morgan fingerprint density at radius 1 is 1.73 bits per heavy atom. The van der Waals surface area contributed by atoms with Gasteiger partial charge in [-0.05, 0) is 25.3 Å². The first-order valence-corrected chi connectivity index (χ1v) is 5.17. The molecule has 1 aliphatic carbocycles. The maximum atomic E-state index is 10.6. The highest BCUT2D eigenvalue weighted by molar-refractivity contribution is 5.66. The third kappa shape index (κ3) is 3.51. The molecule has 0 amide bonds. The highest BCUT2D eigenvalue weighted by atomic mass is 16.5. The van der Waals surface area contributed by atoms with Gasteiger partial charge in [0.2, 0.25) is 0 Å². The van der Waals surface area contributed by atoms with Crippen molar-refractivity contribution in [3.8, 4) is 0 Å². The van der Waals surface area contributed by atoms with E-state index in [1.54, 1.807) is 0 Å². The van der Waals surface area contributed by atoms with Gasteiger partial charge in [0.25, 0.3) is 0 Å². The summed E-state index contributed by atoms with van der Waals surface area (Å²) in [5, 5.41) is 9.80. The molecule has 0 saturated heterocycles. The zero-order valence-electron chi connectivity index (χ0n) is 9.32. The number of aliphatic hydroxyl groups is 1. The summed E-state index contributed by atoms with van der Waals surface area (Å²) in [6.07, 6.45) is 3.22. The summed E-state index contributed by atoms with van der Waals surface area (Å²) in [6, 6.07) is 0. The van der Waals surface area contributed by atoms with Crippen LogP contribution in [0.2, 0.25) is 0 Å². The zero-order valence-corrected chi connectivity index (χ0v) is 9.32.